The molecule has 0 atom stereocenters. The van der Waals surface area contributed by atoms with Crippen LogP contribution < -0.4 is 0 Å². The molecule has 0 unspecified atom stereocenters. The number of alkyl halides is 6. The van der Waals surface area contributed by atoms with Gasteiger partial charge in [0, 0.05) is 44.5 Å². The molecule has 0 aromatic heterocycles. The second-order valence-corrected chi connectivity index (χ2v) is 10.00. The van der Waals surface area contributed by atoms with Gasteiger partial charge in [-0.15, -0.1) is 0 Å². The summed E-state index contributed by atoms with van der Waals surface area (Å²) in [6.07, 6.45) is -9.89. The van der Waals surface area contributed by atoms with Crippen molar-refractivity contribution in [2.75, 3.05) is 0 Å². The first-order chi connectivity index (χ1) is 22.7. The molecule has 0 saturated carbocycles. The van der Waals surface area contributed by atoms with Crippen LogP contribution in [-0.2, 0) is 12.4 Å². The van der Waals surface area contributed by atoms with Crippen molar-refractivity contribution in [3.63, 3.8) is 0 Å². The van der Waals surface area contributed by atoms with Gasteiger partial charge < -0.3 is 0 Å². The van der Waals surface area contributed by atoms with Crippen molar-refractivity contribution < 1.29 is 35.1 Å². The number of benzene rings is 3. The van der Waals surface area contributed by atoms with Crippen molar-refractivity contribution in [2.24, 2.45) is 0 Å². The molecule has 0 amide bonds. The van der Waals surface area contributed by atoms with Crippen molar-refractivity contribution in [1.29, 1.82) is 31.6 Å². The van der Waals surface area contributed by atoms with Crippen molar-refractivity contribution in [3.8, 4) is 36.4 Å². The molecule has 0 fully saturated rings. The van der Waals surface area contributed by atoms with Crippen LogP contribution in [0, 0.1) is 79.6 Å². The van der Waals surface area contributed by atoms with E-state index in [0.29, 0.717) is 24.3 Å². The second kappa shape index (κ2) is 11.4. The third-order valence-corrected chi connectivity index (χ3v) is 7.54. The maximum Gasteiger partial charge on any atom is 0.416 e. The predicted octanol–water partition coefficient (Wildman–Crippen LogP) is 8.50. The lowest BCUT2D eigenvalue weighted by molar-refractivity contribution is -0.138. The first kappa shape index (κ1) is 32.4. The number of nitrogens with zero attached hydrogens (tertiary/aromatic N) is 6. The Balaban J connectivity index is 1.89. The number of rotatable bonds is 2. The summed E-state index contributed by atoms with van der Waals surface area (Å²) in [7, 11) is 0. The minimum atomic E-state index is -4.94. The predicted molar refractivity (Wildman–Crippen MR) is 150 cm³/mol. The van der Waals surface area contributed by atoms with E-state index in [-0.39, 0.29) is 34.4 Å². The fourth-order valence-corrected chi connectivity index (χ4v) is 5.57. The maximum atomic E-state index is 15.3. The van der Waals surface area contributed by atoms with Gasteiger partial charge >= 0.3 is 12.4 Å². The van der Waals surface area contributed by atoms with Gasteiger partial charge in [-0.1, -0.05) is 12.1 Å². The van der Waals surface area contributed by atoms with E-state index in [4.69, 9.17) is 0 Å². The van der Waals surface area contributed by atoms with Gasteiger partial charge in [-0.2, -0.15) is 57.9 Å². The number of nitriles is 6. The van der Waals surface area contributed by atoms with E-state index in [1.807, 2.05) is 0 Å². The molecule has 0 radical (unpaired) electrons. The van der Waals surface area contributed by atoms with Gasteiger partial charge in [0.15, 0.2) is 0 Å². The summed E-state index contributed by atoms with van der Waals surface area (Å²) in [5.41, 5.74) is -8.58. The maximum absolute atomic E-state index is 15.3. The molecule has 3 aromatic carbocycles. The summed E-state index contributed by atoms with van der Waals surface area (Å²) in [6, 6.07) is 14.9. The Kier molecular flexibility index (Phi) is 7.71. The quantitative estimate of drug-likeness (QED) is 0.201. The lowest BCUT2D eigenvalue weighted by Gasteiger charge is -2.13. The SMILES string of the molecule is N#CC(C#N)=C1C(c2ccc(C(F)(F)F)cc2F)=C(C#N)c2cc3c(cc21)C(C#N)=C(c1ccc(C(F)(F)F)cc1F)C3=C(C#N)C#N. The van der Waals surface area contributed by atoms with E-state index in [2.05, 4.69) is 0 Å². The highest BCUT2D eigenvalue weighted by atomic mass is 19.4. The van der Waals surface area contributed by atoms with Crippen molar-refractivity contribution >= 4 is 33.4 Å². The minimum Gasteiger partial charge on any atom is -0.206 e. The van der Waals surface area contributed by atoms with Crippen LogP contribution in [0.3, 0.4) is 0 Å². The zero-order chi connectivity index (χ0) is 35.3. The summed E-state index contributed by atoms with van der Waals surface area (Å²) in [5.74, 6) is -2.93. The van der Waals surface area contributed by atoms with Gasteiger partial charge in [-0.25, -0.2) is 8.78 Å². The van der Waals surface area contributed by atoms with Crippen LogP contribution >= 0.6 is 0 Å². The van der Waals surface area contributed by atoms with Gasteiger partial charge in [0.1, 0.15) is 59.2 Å². The Hall–Kier alpha value is -7.00. The molecule has 0 N–H and O–H groups in total. The van der Waals surface area contributed by atoms with Crippen LogP contribution in [0.25, 0.3) is 33.4 Å². The Bertz CT molecular complexity index is 2200. The number of allylic oxidation sites excluding steroid dienone is 8. The molecule has 0 bridgehead atoms. The number of hydrogen-bond acceptors (Lipinski definition) is 6. The summed E-state index contributed by atoms with van der Waals surface area (Å²) >= 11 is 0. The van der Waals surface area contributed by atoms with Gasteiger partial charge in [-0.3, -0.25) is 0 Å². The first-order valence-corrected chi connectivity index (χ1v) is 13.0. The van der Waals surface area contributed by atoms with E-state index in [9.17, 15) is 57.9 Å². The molecular formula is C34H8F8N6. The van der Waals surface area contributed by atoms with E-state index in [1.54, 1.807) is 36.4 Å². The molecule has 48 heavy (non-hydrogen) atoms. The molecule has 0 spiro atoms. The zero-order valence-electron chi connectivity index (χ0n) is 23.3. The van der Waals surface area contributed by atoms with Crippen LogP contribution in [0.4, 0.5) is 35.1 Å². The van der Waals surface area contributed by atoms with Crippen LogP contribution in [0.15, 0.2) is 59.7 Å². The second-order valence-electron chi connectivity index (χ2n) is 10.00. The summed E-state index contributed by atoms with van der Waals surface area (Å²) < 4.78 is 110. The Morgan fingerprint density at radius 2 is 0.792 bits per heavy atom. The summed E-state index contributed by atoms with van der Waals surface area (Å²) in [6.45, 7) is 0. The van der Waals surface area contributed by atoms with Crippen molar-refractivity contribution in [2.45, 2.75) is 12.4 Å². The van der Waals surface area contributed by atoms with Crippen LogP contribution in [-0.4, -0.2) is 0 Å². The highest BCUT2D eigenvalue weighted by Gasteiger charge is 2.40. The molecule has 0 saturated heterocycles. The standard InChI is InChI=1S/C34H8F8N6/c35-27-5-17(33(37,38)39)1-3-19(27)31-25(13-47)21-7-24-22(8-23(21)29(31)15(9-43)10-44)26(14-48)32(30(24)16(11-45)12-46)20-4-2-18(6-28(20)36)34(40,41)42/h1-8H. The number of fused-ring (bicyclic) bond motifs is 2. The minimum absolute atomic E-state index is 0.157. The molecule has 230 valence electrons. The first-order valence-electron chi connectivity index (χ1n) is 13.0. The molecule has 3 aromatic rings. The van der Waals surface area contributed by atoms with E-state index < -0.39 is 90.8 Å². The average Bonchev–Trinajstić information content (AvgIpc) is 3.52. The topological polar surface area (TPSA) is 143 Å². The van der Waals surface area contributed by atoms with Crippen LogP contribution in [0.2, 0.25) is 0 Å². The molecule has 2 aliphatic rings. The monoisotopic (exact) mass is 652 g/mol. The third kappa shape index (κ3) is 4.92. The summed E-state index contributed by atoms with van der Waals surface area (Å²) in [5, 5.41) is 59.6. The average molecular weight is 652 g/mol. The highest BCUT2D eigenvalue weighted by Crippen LogP contribution is 2.55. The van der Waals surface area contributed by atoms with Crippen LogP contribution in [0.1, 0.15) is 44.5 Å². The van der Waals surface area contributed by atoms with Crippen molar-refractivity contribution in [3.05, 3.63) is 116 Å². The lowest BCUT2D eigenvalue weighted by atomic mass is 9.89. The lowest BCUT2D eigenvalue weighted by Crippen LogP contribution is -2.06. The summed E-state index contributed by atoms with van der Waals surface area (Å²) in [4.78, 5) is 0. The molecular weight excluding hydrogens is 644 g/mol. The number of hydrogen-bond donors (Lipinski definition) is 0. The molecule has 6 nitrogen and oxygen atoms in total. The molecule has 2 aliphatic carbocycles. The van der Waals surface area contributed by atoms with E-state index >= 15 is 8.78 Å². The number of halogens is 8. The molecule has 0 aliphatic heterocycles. The molecule has 0 heterocycles. The zero-order valence-corrected chi connectivity index (χ0v) is 23.3. The van der Waals surface area contributed by atoms with Gasteiger partial charge in [-0.05, 0) is 47.5 Å². The molecule has 5 rings (SSSR count). The smallest absolute Gasteiger partial charge is 0.206 e. The highest BCUT2D eigenvalue weighted by molar-refractivity contribution is 6.29. The molecule has 14 heteroatoms. The largest absolute Gasteiger partial charge is 0.416 e. The Labute approximate surface area is 264 Å². The Morgan fingerprint density at radius 1 is 0.458 bits per heavy atom. The normalized spacial score (nSPS) is 13.5. The van der Waals surface area contributed by atoms with Gasteiger partial charge in [0.2, 0.25) is 0 Å². The third-order valence-electron chi connectivity index (χ3n) is 7.54. The van der Waals surface area contributed by atoms with E-state index in [1.165, 1.54) is 0 Å². The fourth-order valence-electron chi connectivity index (χ4n) is 5.57. The van der Waals surface area contributed by atoms with Gasteiger partial charge in [0.25, 0.3) is 0 Å². The van der Waals surface area contributed by atoms with Crippen molar-refractivity contribution in [1.82, 2.24) is 0 Å². The Morgan fingerprint density at radius 3 is 1.04 bits per heavy atom. The van der Waals surface area contributed by atoms with Crippen LogP contribution in [0.5, 0.6) is 0 Å². The van der Waals surface area contributed by atoms with E-state index in [0.717, 1.165) is 12.1 Å². The fraction of sp³-hybridized carbons (Fsp3) is 0.0588. The van der Waals surface area contributed by atoms with Gasteiger partial charge in [0.05, 0.1) is 22.3 Å².